The number of ether oxygens (including phenoxy) is 3. The van der Waals surface area contributed by atoms with E-state index in [1.54, 1.807) is 32.4 Å². The van der Waals surface area contributed by atoms with Crippen LogP contribution in [0.4, 0.5) is 0 Å². The van der Waals surface area contributed by atoms with Gasteiger partial charge in [0.2, 0.25) is 0 Å². The lowest BCUT2D eigenvalue weighted by Crippen LogP contribution is -2.19. The Labute approximate surface area is 109 Å². The largest absolute Gasteiger partial charge is 0.493 e. The number of methoxy groups -OCH3 is 3. The molecule has 0 N–H and O–H groups in total. The first-order valence-corrected chi connectivity index (χ1v) is 5.94. The summed E-state index contributed by atoms with van der Waals surface area (Å²) in [5.74, 6) is 1.09. The van der Waals surface area contributed by atoms with Crippen LogP contribution in [0.5, 0.6) is 11.5 Å². The van der Waals surface area contributed by atoms with Gasteiger partial charge in [0.15, 0.2) is 17.3 Å². The molecule has 0 aromatic heterocycles. The highest BCUT2D eigenvalue weighted by atomic mass is 79.9. The molecule has 94 valence electrons. The number of alkyl halides is 1. The maximum Gasteiger partial charge on any atom is 0.178 e. The summed E-state index contributed by atoms with van der Waals surface area (Å²) in [5, 5.41) is 0. The van der Waals surface area contributed by atoms with Gasteiger partial charge in [-0.3, -0.25) is 4.79 Å². The molecule has 1 unspecified atom stereocenters. The summed E-state index contributed by atoms with van der Waals surface area (Å²) in [5.41, 5.74) is 0.557. The molecule has 1 atom stereocenters. The van der Waals surface area contributed by atoms with Gasteiger partial charge in [-0.1, -0.05) is 15.9 Å². The lowest BCUT2D eigenvalue weighted by atomic mass is 10.1. The van der Waals surface area contributed by atoms with Crippen LogP contribution >= 0.6 is 15.9 Å². The Morgan fingerprint density at radius 3 is 2.41 bits per heavy atom. The maximum atomic E-state index is 12.0. The van der Waals surface area contributed by atoms with Gasteiger partial charge >= 0.3 is 0 Å². The standard InChI is InChI=1S/C12H15BrO4/c1-15-7-9(13)12(14)8-4-5-10(16-2)11(6-8)17-3/h4-6,9H,7H2,1-3H3. The average Bonchev–Trinajstić information content (AvgIpc) is 2.37. The minimum Gasteiger partial charge on any atom is -0.493 e. The summed E-state index contributed by atoms with van der Waals surface area (Å²) in [6, 6.07) is 5.07. The molecule has 0 aliphatic carbocycles. The first-order valence-electron chi connectivity index (χ1n) is 5.03. The Balaban J connectivity index is 2.95. The monoisotopic (exact) mass is 302 g/mol. The van der Waals surface area contributed by atoms with Crippen molar-refractivity contribution in [1.29, 1.82) is 0 Å². The van der Waals surface area contributed by atoms with Crippen LogP contribution in [0.25, 0.3) is 0 Å². The second-order valence-electron chi connectivity index (χ2n) is 3.36. The van der Waals surface area contributed by atoms with E-state index in [2.05, 4.69) is 15.9 Å². The van der Waals surface area contributed by atoms with Crippen LogP contribution in [0.15, 0.2) is 18.2 Å². The highest BCUT2D eigenvalue weighted by Crippen LogP contribution is 2.28. The number of carbonyl (C=O) groups excluding carboxylic acids is 1. The van der Waals surface area contributed by atoms with Crippen molar-refractivity contribution >= 4 is 21.7 Å². The second-order valence-corrected chi connectivity index (χ2v) is 4.46. The third-order valence-electron chi connectivity index (χ3n) is 2.27. The third kappa shape index (κ3) is 3.44. The molecule has 5 heteroatoms. The van der Waals surface area contributed by atoms with E-state index in [-0.39, 0.29) is 10.6 Å². The summed E-state index contributed by atoms with van der Waals surface area (Å²) in [4.78, 5) is 11.6. The molecule has 1 aromatic carbocycles. The average molecular weight is 303 g/mol. The summed E-state index contributed by atoms with van der Waals surface area (Å²) >= 11 is 3.28. The van der Waals surface area contributed by atoms with Gasteiger partial charge in [0.25, 0.3) is 0 Å². The minimum atomic E-state index is -0.356. The third-order valence-corrected chi connectivity index (χ3v) is 2.95. The fourth-order valence-electron chi connectivity index (χ4n) is 1.39. The molecule has 0 aliphatic heterocycles. The predicted octanol–water partition coefficient (Wildman–Crippen LogP) is 2.30. The van der Waals surface area contributed by atoms with Gasteiger partial charge in [0, 0.05) is 12.7 Å². The van der Waals surface area contributed by atoms with Crippen LogP contribution < -0.4 is 9.47 Å². The van der Waals surface area contributed by atoms with E-state index >= 15 is 0 Å². The van der Waals surface area contributed by atoms with Crippen LogP contribution in [0.1, 0.15) is 10.4 Å². The molecule has 0 fully saturated rings. The zero-order valence-electron chi connectivity index (χ0n) is 10.0. The number of ketones is 1. The van der Waals surface area contributed by atoms with Gasteiger partial charge in [0.1, 0.15) is 4.83 Å². The normalized spacial score (nSPS) is 12.0. The van der Waals surface area contributed by atoms with E-state index in [0.717, 1.165) is 0 Å². The minimum absolute atomic E-state index is 0.0483. The summed E-state index contributed by atoms with van der Waals surface area (Å²) in [6.45, 7) is 0.327. The Hall–Kier alpha value is -1.07. The van der Waals surface area contributed by atoms with Crippen molar-refractivity contribution < 1.29 is 19.0 Å². The first-order chi connectivity index (χ1) is 8.13. The second kappa shape index (κ2) is 6.61. The van der Waals surface area contributed by atoms with Crippen molar-refractivity contribution in [3.8, 4) is 11.5 Å². The number of Topliss-reactive ketones (excluding diaryl/α,β-unsaturated/α-hetero) is 1. The van der Waals surface area contributed by atoms with Gasteiger partial charge in [0.05, 0.1) is 20.8 Å². The first kappa shape index (κ1) is 14.0. The molecule has 0 amide bonds. The van der Waals surface area contributed by atoms with Gasteiger partial charge in [-0.05, 0) is 18.2 Å². The fourth-order valence-corrected chi connectivity index (χ4v) is 1.92. The molecule has 1 rings (SSSR count). The van der Waals surface area contributed by atoms with Crippen LogP contribution in [0.3, 0.4) is 0 Å². The van der Waals surface area contributed by atoms with Crippen molar-refractivity contribution in [3.63, 3.8) is 0 Å². The number of carbonyl (C=O) groups is 1. The molecule has 0 bridgehead atoms. The molecule has 0 radical (unpaired) electrons. The number of hydrogen-bond acceptors (Lipinski definition) is 4. The predicted molar refractivity (Wildman–Crippen MR) is 68.5 cm³/mol. The van der Waals surface area contributed by atoms with Crippen molar-refractivity contribution in [1.82, 2.24) is 0 Å². The lowest BCUT2D eigenvalue weighted by Gasteiger charge is -2.11. The molecule has 1 aromatic rings. The Morgan fingerprint density at radius 1 is 1.24 bits per heavy atom. The molecule has 0 heterocycles. The molecule has 17 heavy (non-hydrogen) atoms. The molecule has 0 saturated carbocycles. The Bertz CT molecular complexity index is 392. The molecular formula is C12H15BrO4. The topological polar surface area (TPSA) is 44.8 Å². The molecule has 4 nitrogen and oxygen atoms in total. The van der Waals surface area contributed by atoms with E-state index in [0.29, 0.717) is 23.7 Å². The van der Waals surface area contributed by atoms with Crippen molar-refractivity contribution in [2.45, 2.75) is 4.83 Å². The van der Waals surface area contributed by atoms with Crippen molar-refractivity contribution in [2.75, 3.05) is 27.9 Å². The quantitative estimate of drug-likeness (QED) is 0.597. The van der Waals surface area contributed by atoms with Gasteiger partial charge < -0.3 is 14.2 Å². The van der Waals surface area contributed by atoms with E-state index in [1.807, 2.05) is 0 Å². The van der Waals surface area contributed by atoms with Crippen LogP contribution in [-0.4, -0.2) is 38.5 Å². The number of rotatable bonds is 6. The van der Waals surface area contributed by atoms with E-state index < -0.39 is 0 Å². The van der Waals surface area contributed by atoms with Gasteiger partial charge in [-0.25, -0.2) is 0 Å². The Morgan fingerprint density at radius 2 is 1.88 bits per heavy atom. The molecular weight excluding hydrogens is 288 g/mol. The van der Waals surface area contributed by atoms with Crippen molar-refractivity contribution in [2.24, 2.45) is 0 Å². The van der Waals surface area contributed by atoms with Crippen LogP contribution in [-0.2, 0) is 4.74 Å². The lowest BCUT2D eigenvalue weighted by molar-refractivity contribution is 0.0946. The summed E-state index contributed by atoms with van der Waals surface area (Å²) < 4.78 is 15.2. The fraction of sp³-hybridized carbons (Fsp3) is 0.417. The van der Waals surface area contributed by atoms with E-state index in [1.165, 1.54) is 7.11 Å². The number of halogens is 1. The van der Waals surface area contributed by atoms with Gasteiger partial charge in [-0.2, -0.15) is 0 Å². The van der Waals surface area contributed by atoms with Gasteiger partial charge in [-0.15, -0.1) is 0 Å². The van der Waals surface area contributed by atoms with E-state index in [9.17, 15) is 4.79 Å². The molecule has 0 aliphatic rings. The molecule has 0 saturated heterocycles. The SMILES string of the molecule is COCC(Br)C(=O)c1ccc(OC)c(OC)c1. The smallest absolute Gasteiger partial charge is 0.178 e. The van der Waals surface area contributed by atoms with E-state index in [4.69, 9.17) is 14.2 Å². The summed E-state index contributed by atoms with van der Waals surface area (Å²) in [7, 11) is 4.64. The maximum absolute atomic E-state index is 12.0. The highest BCUT2D eigenvalue weighted by Gasteiger charge is 2.18. The Kier molecular flexibility index (Phi) is 5.44. The van der Waals surface area contributed by atoms with Crippen LogP contribution in [0, 0.1) is 0 Å². The zero-order chi connectivity index (χ0) is 12.8. The highest BCUT2D eigenvalue weighted by molar-refractivity contribution is 9.10. The zero-order valence-corrected chi connectivity index (χ0v) is 11.6. The molecule has 0 spiro atoms. The number of hydrogen-bond donors (Lipinski definition) is 0. The summed E-state index contributed by atoms with van der Waals surface area (Å²) in [6.07, 6.45) is 0. The van der Waals surface area contributed by atoms with Crippen LogP contribution in [0.2, 0.25) is 0 Å². The number of benzene rings is 1. The van der Waals surface area contributed by atoms with Crippen molar-refractivity contribution in [3.05, 3.63) is 23.8 Å².